The Morgan fingerprint density at radius 2 is 1.81 bits per heavy atom. The fourth-order valence-corrected chi connectivity index (χ4v) is 3.94. The van der Waals surface area contributed by atoms with Crippen LogP contribution in [0.3, 0.4) is 0 Å². The molecular weight excluding hydrogens is 431 g/mol. The summed E-state index contributed by atoms with van der Waals surface area (Å²) >= 11 is 8.47. The van der Waals surface area contributed by atoms with Gasteiger partial charge in [0.2, 0.25) is 0 Å². The van der Waals surface area contributed by atoms with Gasteiger partial charge >= 0.3 is 6.18 Å². The maximum Gasteiger partial charge on any atom is 0.416 e. The molecule has 1 N–H and O–H groups in total. The number of benzene rings is 1. The summed E-state index contributed by atoms with van der Waals surface area (Å²) in [5.74, 6) is 0. The summed E-state index contributed by atoms with van der Waals surface area (Å²) in [4.78, 5) is 1.15. The Kier molecular flexibility index (Phi) is 5.51. The molecule has 0 aliphatic heterocycles. The predicted molar refractivity (Wildman–Crippen MR) is 86.4 cm³/mol. The first-order valence-electron chi connectivity index (χ1n) is 6.11. The van der Waals surface area contributed by atoms with Crippen LogP contribution in [0.5, 0.6) is 0 Å². The van der Waals surface area contributed by atoms with Gasteiger partial charge in [-0.05, 0) is 62.5 Å². The lowest BCUT2D eigenvalue weighted by atomic mass is 10.1. The van der Waals surface area contributed by atoms with E-state index in [1.54, 1.807) is 11.3 Å². The molecule has 0 amide bonds. The van der Waals surface area contributed by atoms with Gasteiger partial charge in [-0.3, -0.25) is 0 Å². The summed E-state index contributed by atoms with van der Waals surface area (Å²) < 4.78 is 39.6. The van der Waals surface area contributed by atoms with E-state index in [1.807, 2.05) is 13.0 Å². The molecule has 0 bridgehead atoms. The minimum atomic E-state index is -4.29. The maximum absolute atomic E-state index is 12.5. The Hall–Kier alpha value is -0.370. The van der Waals surface area contributed by atoms with Crippen LogP contribution >= 0.6 is 43.2 Å². The molecule has 0 saturated heterocycles. The molecule has 114 valence electrons. The fourth-order valence-electron chi connectivity index (χ4n) is 1.81. The lowest BCUT2D eigenvalue weighted by Crippen LogP contribution is -2.17. The average Bonchev–Trinajstić information content (AvgIpc) is 2.74. The second kappa shape index (κ2) is 6.81. The van der Waals surface area contributed by atoms with E-state index in [1.165, 1.54) is 12.1 Å². The maximum atomic E-state index is 12.5. The Morgan fingerprint density at radius 3 is 2.29 bits per heavy atom. The van der Waals surface area contributed by atoms with Gasteiger partial charge in [-0.1, -0.05) is 12.1 Å². The van der Waals surface area contributed by atoms with Crippen LogP contribution in [-0.4, -0.2) is 0 Å². The Bertz CT molecular complexity index is 588. The zero-order valence-corrected chi connectivity index (χ0v) is 15.0. The molecular formula is C14H12Br2F3NS. The van der Waals surface area contributed by atoms with Crippen molar-refractivity contribution < 1.29 is 13.2 Å². The van der Waals surface area contributed by atoms with Crippen LogP contribution in [0.4, 0.5) is 13.2 Å². The molecule has 1 aromatic carbocycles. The lowest BCUT2D eigenvalue weighted by molar-refractivity contribution is -0.137. The number of hydrogen-bond acceptors (Lipinski definition) is 2. The van der Waals surface area contributed by atoms with E-state index in [9.17, 15) is 13.2 Å². The summed E-state index contributed by atoms with van der Waals surface area (Å²) in [5.41, 5.74) is 0.210. The van der Waals surface area contributed by atoms with Gasteiger partial charge in [0.25, 0.3) is 0 Å². The van der Waals surface area contributed by atoms with Gasteiger partial charge in [0.15, 0.2) is 0 Å². The Labute approximate surface area is 141 Å². The first-order valence-corrected chi connectivity index (χ1v) is 8.52. The third kappa shape index (κ3) is 4.55. The summed E-state index contributed by atoms with van der Waals surface area (Å²) in [6, 6.07) is 7.26. The fraction of sp³-hybridized carbons (Fsp3) is 0.286. The summed E-state index contributed by atoms with van der Waals surface area (Å²) in [6.07, 6.45) is -4.29. The van der Waals surface area contributed by atoms with Crippen LogP contribution in [0.15, 0.2) is 38.6 Å². The molecule has 1 aromatic heterocycles. The van der Waals surface area contributed by atoms with Gasteiger partial charge < -0.3 is 5.32 Å². The number of hydrogen-bond donors (Lipinski definition) is 1. The molecule has 0 radical (unpaired) electrons. The second-order valence-corrected chi connectivity index (χ2v) is 7.87. The minimum absolute atomic E-state index is 0.0214. The van der Waals surface area contributed by atoms with Crippen LogP contribution in [0.2, 0.25) is 0 Å². The monoisotopic (exact) mass is 441 g/mol. The first-order chi connectivity index (χ1) is 9.77. The van der Waals surface area contributed by atoms with Crippen molar-refractivity contribution in [3.8, 4) is 0 Å². The molecule has 21 heavy (non-hydrogen) atoms. The number of thiophene rings is 1. The molecule has 1 atom stereocenters. The van der Waals surface area contributed by atoms with E-state index in [-0.39, 0.29) is 6.04 Å². The van der Waals surface area contributed by atoms with E-state index < -0.39 is 11.7 Å². The first kappa shape index (κ1) is 17.0. The number of rotatable bonds is 4. The molecule has 0 saturated carbocycles. The summed E-state index contributed by atoms with van der Waals surface area (Å²) in [7, 11) is 0. The number of nitrogens with one attached hydrogen (secondary N) is 1. The second-order valence-electron chi connectivity index (χ2n) is 4.56. The van der Waals surface area contributed by atoms with Crippen molar-refractivity contribution >= 4 is 43.2 Å². The van der Waals surface area contributed by atoms with Crippen molar-refractivity contribution in [1.82, 2.24) is 5.32 Å². The normalized spacial score (nSPS) is 13.4. The topological polar surface area (TPSA) is 12.0 Å². The van der Waals surface area contributed by atoms with Crippen LogP contribution in [0.25, 0.3) is 0 Å². The molecule has 0 aliphatic rings. The van der Waals surface area contributed by atoms with E-state index in [0.717, 1.165) is 30.8 Å². The smallest absolute Gasteiger partial charge is 0.305 e. The van der Waals surface area contributed by atoms with Gasteiger partial charge in [-0.2, -0.15) is 13.2 Å². The third-order valence-corrected chi connectivity index (χ3v) is 6.27. The molecule has 0 aliphatic carbocycles. The summed E-state index contributed by atoms with van der Waals surface area (Å²) in [5, 5.41) is 3.30. The predicted octanol–water partition coefficient (Wildman–Crippen LogP) is 6.14. The Balaban J connectivity index is 1.98. The third-order valence-electron chi connectivity index (χ3n) is 3.02. The summed E-state index contributed by atoms with van der Waals surface area (Å²) in [6.45, 7) is 2.59. The molecule has 1 heterocycles. The minimum Gasteiger partial charge on any atom is -0.305 e. The quantitative estimate of drug-likeness (QED) is 0.599. The van der Waals surface area contributed by atoms with Gasteiger partial charge in [0.05, 0.1) is 9.35 Å². The molecule has 2 aromatic rings. The standard InChI is InChI=1S/C14H12Br2F3NS/c1-8(20-7-11-6-12(15)13(16)21-11)9-2-4-10(5-3-9)14(17,18)19/h2-6,8,20H,7H2,1H3. The average molecular weight is 443 g/mol. The molecule has 7 heteroatoms. The highest BCUT2D eigenvalue weighted by atomic mass is 79.9. The Morgan fingerprint density at radius 1 is 1.19 bits per heavy atom. The molecule has 2 rings (SSSR count). The zero-order valence-electron chi connectivity index (χ0n) is 11.0. The SMILES string of the molecule is CC(NCc1cc(Br)c(Br)s1)c1ccc(C(F)(F)F)cc1. The highest BCUT2D eigenvalue weighted by molar-refractivity contribution is 9.13. The van der Waals surface area contributed by atoms with Gasteiger partial charge in [-0.15, -0.1) is 11.3 Å². The van der Waals surface area contributed by atoms with Crippen molar-refractivity contribution in [2.45, 2.75) is 25.7 Å². The van der Waals surface area contributed by atoms with Crippen LogP contribution in [0, 0.1) is 0 Å². The van der Waals surface area contributed by atoms with E-state index in [4.69, 9.17) is 0 Å². The highest BCUT2D eigenvalue weighted by Gasteiger charge is 2.30. The highest BCUT2D eigenvalue weighted by Crippen LogP contribution is 2.33. The largest absolute Gasteiger partial charge is 0.416 e. The van der Waals surface area contributed by atoms with Gasteiger partial charge in [0.1, 0.15) is 0 Å². The molecule has 1 unspecified atom stereocenters. The number of alkyl halides is 3. The van der Waals surface area contributed by atoms with Crippen molar-refractivity contribution in [3.63, 3.8) is 0 Å². The van der Waals surface area contributed by atoms with E-state index >= 15 is 0 Å². The van der Waals surface area contributed by atoms with Crippen LogP contribution < -0.4 is 5.32 Å². The van der Waals surface area contributed by atoms with E-state index in [0.29, 0.717) is 6.54 Å². The number of halogens is 5. The van der Waals surface area contributed by atoms with Gasteiger partial charge in [-0.25, -0.2) is 0 Å². The molecule has 0 spiro atoms. The van der Waals surface area contributed by atoms with Crippen molar-refractivity contribution in [2.24, 2.45) is 0 Å². The zero-order chi connectivity index (χ0) is 15.6. The van der Waals surface area contributed by atoms with Crippen LogP contribution in [-0.2, 0) is 12.7 Å². The lowest BCUT2D eigenvalue weighted by Gasteiger charge is -2.15. The van der Waals surface area contributed by atoms with Crippen LogP contribution in [0.1, 0.15) is 29.0 Å². The van der Waals surface area contributed by atoms with Gasteiger partial charge in [0, 0.05) is 21.9 Å². The molecule has 1 nitrogen and oxygen atoms in total. The van der Waals surface area contributed by atoms with Crippen molar-refractivity contribution in [2.75, 3.05) is 0 Å². The molecule has 0 fully saturated rings. The van der Waals surface area contributed by atoms with Crippen molar-refractivity contribution in [1.29, 1.82) is 0 Å². The van der Waals surface area contributed by atoms with E-state index in [2.05, 4.69) is 37.2 Å². The van der Waals surface area contributed by atoms with Crippen molar-refractivity contribution in [3.05, 3.63) is 54.6 Å².